The minimum atomic E-state index is 0.216. The number of hydrogen-bond acceptors (Lipinski definition) is 1. The zero-order valence-corrected chi connectivity index (χ0v) is 13.7. The van der Waals surface area contributed by atoms with E-state index >= 15 is 0 Å². The Labute approximate surface area is 129 Å². The number of nitrogens with zero attached hydrogens (tertiary/aromatic N) is 1. The molecule has 1 amide bonds. The molecule has 1 aliphatic heterocycles. The van der Waals surface area contributed by atoms with Gasteiger partial charge < -0.3 is 4.90 Å². The van der Waals surface area contributed by atoms with Gasteiger partial charge in [-0.15, -0.1) is 0 Å². The number of fused-ring (bicyclic) bond motifs is 1. The number of benzene rings is 1. The van der Waals surface area contributed by atoms with Gasteiger partial charge in [0.15, 0.2) is 0 Å². The summed E-state index contributed by atoms with van der Waals surface area (Å²) in [5.41, 5.74) is 2.00. The standard InChI is InChI=1S/C17H22BrNO/c1-12-8-9-14(15(18)11-12)17(20)19-10-4-6-13-5-2-3-7-16(13)19/h8-9,11,13,16H,2-7,10H2,1H3. The van der Waals surface area contributed by atoms with Gasteiger partial charge in [0.25, 0.3) is 5.91 Å². The number of amides is 1. The van der Waals surface area contributed by atoms with E-state index in [-0.39, 0.29) is 5.91 Å². The van der Waals surface area contributed by atoms with Crippen molar-refractivity contribution in [3.8, 4) is 0 Å². The minimum absolute atomic E-state index is 0.216. The molecule has 1 aromatic rings. The van der Waals surface area contributed by atoms with Crippen LogP contribution in [0.5, 0.6) is 0 Å². The summed E-state index contributed by atoms with van der Waals surface area (Å²) in [7, 11) is 0. The van der Waals surface area contributed by atoms with E-state index in [0.717, 1.165) is 28.9 Å². The lowest BCUT2D eigenvalue weighted by Crippen LogP contribution is -2.49. The third kappa shape index (κ3) is 2.65. The molecule has 0 radical (unpaired) electrons. The normalized spacial score (nSPS) is 26.2. The van der Waals surface area contributed by atoms with Gasteiger partial charge in [0.1, 0.15) is 0 Å². The van der Waals surface area contributed by atoms with Crippen LogP contribution in [-0.2, 0) is 0 Å². The molecule has 2 aliphatic rings. The van der Waals surface area contributed by atoms with Gasteiger partial charge in [-0.1, -0.05) is 18.9 Å². The van der Waals surface area contributed by atoms with E-state index in [4.69, 9.17) is 0 Å². The fourth-order valence-electron chi connectivity index (χ4n) is 3.83. The smallest absolute Gasteiger partial charge is 0.255 e. The van der Waals surface area contributed by atoms with Crippen LogP contribution in [0.3, 0.4) is 0 Å². The van der Waals surface area contributed by atoms with Gasteiger partial charge in [-0.25, -0.2) is 0 Å². The molecule has 1 heterocycles. The van der Waals surface area contributed by atoms with Gasteiger partial charge in [0.2, 0.25) is 0 Å². The molecule has 3 rings (SSSR count). The van der Waals surface area contributed by atoms with E-state index in [1.54, 1.807) is 0 Å². The van der Waals surface area contributed by atoms with Crippen LogP contribution in [0.15, 0.2) is 22.7 Å². The second-order valence-corrected chi connectivity index (χ2v) is 7.09. The molecule has 1 saturated carbocycles. The third-order valence-corrected chi connectivity index (χ3v) is 5.52. The lowest BCUT2D eigenvalue weighted by Gasteiger charge is -2.44. The summed E-state index contributed by atoms with van der Waals surface area (Å²) in [6.45, 7) is 2.98. The van der Waals surface area contributed by atoms with Crippen LogP contribution in [0.2, 0.25) is 0 Å². The molecule has 0 spiro atoms. The molecule has 2 atom stereocenters. The summed E-state index contributed by atoms with van der Waals surface area (Å²) in [6.07, 6.45) is 7.60. The molecular weight excluding hydrogens is 314 g/mol. The van der Waals surface area contributed by atoms with Crippen molar-refractivity contribution in [2.75, 3.05) is 6.54 Å². The first-order valence-corrected chi connectivity index (χ1v) is 8.53. The largest absolute Gasteiger partial charge is 0.335 e. The SMILES string of the molecule is Cc1ccc(C(=O)N2CCCC3CCCCC32)c(Br)c1. The van der Waals surface area contributed by atoms with Gasteiger partial charge in [-0.05, 0) is 72.2 Å². The Balaban J connectivity index is 1.85. The number of hydrogen-bond donors (Lipinski definition) is 0. The monoisotopic (exact) mass is 335 g/mol. The lowest BCUT2D eigenvalue weighted by atomic mass is 9.78. The highest BCUT2D eigenvalue weighted by Gasteiger charge is 2.36. The third-order valence-electron chi connectivity index (χ3n) is 4.86. The van der Waals surface area contributed by atoms with Crippen molar-refractivity contribution in [2.24, 2.45) is 5.92 Å². The predicted octanol–water partition coefficient (Wildman–Crippen LogP) is 4.55. The summed E-state index contributed by atoms with van der Waals surface area (Å²) in [4.78, 5) is 15.0. The highest BCUT2D eigenvalue weighted by atomic mass is 79.9. The van der Waals surface area contributed by atoms with Crippen molar-refractivity contribution in [1.82, 2.24) is 4.90 Å². The molecule has 3 heteroatoms. The Morgan fingerprint density at radius 1 is 1.20 bits per heavy atom. The van der Waals surface area contributed by atoms with Crippen LogP contribution in [0.4, 0.5) is 0 Å². The summed E-state index contributed by atoms with van der Waals surface area (Å²) in [5.74, 6) is 0.958. The summed E-state index contributed by atoms with van der Waals surface area (Å²) in [6, 6.07) is 6.52. The number of piperidine rings is 1. The van der Waals surface area contributed by atoms with Gasteiger partial charge in [0, 0.05) is 17.1 Å². The Morgan fingerprint density at radius 2 is 1.95 bits per heavy atom. The molecule has 1 aromatic carbocycles. The Morgan fingerprint density at radius 3 is 2.75 bits per heavy atom. The molecule has 2 unspecified atom stereocenters. The quantitative estimate of drug-likeness (QED) is 0.737. The van der Waals surface area contributed by atoms with Crippen LogP contribution < -0.4 is 0 Å². The van der Waals surface area contributed by atoms with Gasteiger partial charge in [0.05, 0.1) is 5.56 Å². The average Bonchev–Trinajstić information content (AvgIpc) is 2.46. The number of likely N-dealkylation sites (tertiary alicyclic amines) is 1. The molecule has 1 saturated heterocycles. The summed E-state index contributed by atoms with van der Waals surface area (Å²) in [5, 5.41) is 0. The highest BCUT2D eigenvalue weighted by molar-refractivity contribution is 9.10. The number of rotatable bonds is 1. The maximum absolute atomic E-state index is 12.9. The molecule has 2 fully saturated rings. The molecule has 108 valence electrons. The van der Waals surface area contributed by atoms with E-state index in [1.807, 2.05) is 18.2 Å². The first-order chi connectivity index (χ1) is 9.66. The number of halogens is 1. The fraction of sp³-hybridized carbons (Fsp3) is 0.588. The van der Waals surface area contributed by atoms with Crippen molar-refractivity contribution in [3.63, 3.8) is 0 Å². The van der Waals surface area contributed by atoms with Crippen molar-refractivity contribution >= 4 is 21.8 Å². The van der Waals surface area contributed by atoms with Crippen LogP contribution in [-0.4, -0.2) is 23.4 Å². The fourth-order valence-corrected chi connectivity index (χ4v) is 4.49. The maximum Gasteiger partial charge on any atom is 0.255 e. The lowest BCUT2D eigenvalue weighted by molar-refractivity contribution is 0.0390. The molecule has 0 N–H and O–H groups in total. The zero-order valence-electron chi connectivity index (χ0n) is 12.1. The molecular formula is C17H22BrNO. The second-order valence-electron chi connectivity index (χ2n) is 6.24. The Kier molecular flexibility index (Phi) is 4.16. The average molecular weight is 336 g/mol. The van der Waals surface area contributed by atoms with E-state index in [9.17, 15) is 4.79 Å². The van der Waals surface area contributed by atoms with E-state index < -0.39 is 0 Å². The van der Waals surface area contributed by atoms with Gasteiger partial charge >= 0.3 is 0 Å². The van der Waals surface area contributed by atoms with Crippen molar-refractivity contribution in [1.29, 1.82) is 0 Å². The highest BCUT2D eigenvalue weighted by Crippen LogP contribution is 2.36. The minimum Gasteiger partial charge on any atom is -0.335 e. The van der Waals surface area contributed by atoms with E-state index in [2.05, 4.69) is 27.8 Å². The molecule has 1 aliphatic carbocycles. The molecule has 2 nitrogen and oxygen atoms in total. The number of aryl methyl sites for hydroxylation is 1. The maximum atomic E-state index is 12.9. The van der Waals surface area contributed by atoms with E-state index in [1.165, 1.54) is 37.7 Å². The van der Waals surface area contributed by atoms with Gasteiger partial charge in [-0.3, -0.25) is 4.79 Å². The van der Waals surface area contributed by atoms with E-state index in [0.29, 0.717) is 6.04 Å². The second kappa shape index (κ2) is 5.88. The van der Waals surface area contributed by atoms with Crippen LogP contribution in [0.25, 0.3) is 0 Å². The summed E-state index contributed by atoms with van der Waals surface area (Å²) >= 11 is 3.55. The molecule has 0 bridgehead atoms. The zero-order chi connectivity index (χ0) is 14.1. The van der Waals surface area contributed by atoms with Crippen LogP contribution in [0, 0.1) is 12.8 Å². The number of carbonyl (C=O) groups excluding carboxylic acids is 1. The van der Waals surface area contributed by atoms with Crippen molar-refractivity contribution in [2.45, 2.75) is 51.5 Å². The Bertz CT molecular complexity index is 512. The first kappa shape index (κ1) is 14.1. The molecule has 20 heavy (non-hydrogen) atoms. The van der Waals surface area contributed by atoms with Crippen molar-refractivity contribution < 1.29 is 4.79 Å². The topological polar surface area (TPSA) is 20.3 Å². The first-order valence-electron chi connectivity index (χ1n) is 7.74. The van der Waals surface area contributed by atoms with Gasteiger partial charge in [-0.2, -0.15) is 0 Å². The Hall–Kier alpha value is -0.830. The van der Waals surface area contributed by atoms with Crippen LogP contribution in [0.1, 0.15) is 54.4 Å². The summed E-state index contributed by atoms with van der Waals surface area (Å²) < 4.78 is 0.931. The predicted molar refractivity (Wildman–Crippen MR) is 84.9 cm³/mol. The van der Waals surface area contributed by atoms with Crippen LogP contribution >= 0.6 is 15.9 Å². The van der Waals surface area contributed by atoms with Crippen molar-refractivity contribution in [3.05, 3.63) is 33.8 Å². The number of carbonyl (C=O) groups is 1. The molecule has 0 aromatic heterocycles.